The zero-order valence-corrected chi connectivity index (χ0v) is 9.71. The lowest BCUT2D eigenvalue weighted by Crippen LogP contribution is -2.10. The highest BCUT2D eigenvalue weighted by molar-refractivity contribution is 5.61. The summed E-state index contributed by atoms with van der Waals surface area (Å²) in [5, 5.41) is 3.31. The van der Waals surface area contributed by atoms with Crippen LogP contribution in [0.25, 0.3) is 0 Å². The Hall–Kier alpha value is -1.38. The fourth-order valence-electron chi connectivity index (χ4n) is 1.29. The molecule has 0 unspecified atom stereocenters. The Kier molecular flexibility index (Phi) is 4.28. The number of hydrogen-bond donors (Lipinski definition) is 2. The lowest BCUT2D eigenvalue weighted by Gasteiger charge is -2.13. The van der Waals surface area contributed by atoms with Crippen LogP contribution >= 0.6 is 0 Å². The van der Waals surface area contributed by atoms with Crippen molar-refractivity contribution in [3.8, 4) is 5.75 Å². The molecule has 0 saturated carbocycles. The van der Waals surface area contributed by atoms with Crippen molar-refractivity contribution < 1.29 is 4.74 Å². The third-order valence-electron chi connectivity index (χ3n) is 1.93. The van der Waals surface area contributed by atoms with Crippen molar-refractivity contribution in [2.45, 2.75) is 33.2 Å². The number of nitrogen functional groups attached to an aromatic ring is 1. The van der Waals surface area contributed by atoms with Crippen molar-refractivity contribution in [1.82, 2.24) is 0 Å². The topological polar surface area (TPSA) is 47.3 Å². The molecule has 0 saturated heterocycles. The van der Waals surface area contributed by atoms with E-state index in [0.717, 1.165) is 17.9 Å². The summed E-state index contributed by atoms with van der Waals surface area (Å²) in [6.07, 6.45) is 0.987. The van der Waals surface area contributed by atoms with Gasteiger partial charge >= 0.3 is 0 Å². The third kappa shape index (κ3) is 3.70. The average molecular weight is 208 g/mol. The fraction of sp³-hybridized carbons (Fsp3) is 0.500. The van der Waals surface area contributed by atoms with Gasteiger partial charge in [-0.3, -0.25) is 0 Å². The lowest BCUT2D eigenvalue weighted by atomic mass is 10.2. The van der Waals surface area contributed by atoms with E-state index in [4.69, 9.17) is 10.5 Å². The highest BCUT2D eigenvalue weighted by Gasteiger charge is 2.02. The first-order chi connectivity index (χ1) is 7.13. The SMILES string of the molecule is CCCOc1cc(NC(C)C)ccc1N. The monoisotopic (exact) mass is 208 g/mol. The molecule has 3 N–H and O–H groups in total. The van der Waals surface area contributed by atoms with Crippen molar-refractivity contribution in [2.24, 2.45) is 0 Å². The minimum atomic E-state index is 0.410. The van der Waals surface area contributed by atoms with Gasteiger partial charge in [0.25, 0.3) is 0 Å². The second-order valence-corrected chi connectivity index (χ2v) is 3.90. The van der Waals surface area contributed by atoms with Crippen LogP contribution in [0.2, 0.25) is 0 Å². The summed E-state index contributed by atoms with van der Waals surface area (Å²) >= 11 is 0. The number of nitrogens with two attached hydrogens (primary N) is 1. The van der Waals surface area contributed by atoms with Crippen molar-refractivity contribution >= 4 is 11.4 Å². The van der Waals surface area contributed by atoms with Crippen LogP contribution in [0.5, 0.6) is 5.75 Å². The van der Waals surface area contributed by atoms with Gasteiger partial charge in [0.2, 0.25) is 0 Å². The van der Waals surface area contributed by atoms with Gasteiger partial charge in [-0.15, -0.1) is 0 Å². The molecular weight excluding hydrogens is 188 g/mol. The zero-order chi connectivity index (χ0) is 11.3. The van der Waals surface area contributed by atoms with E-state index in [1.54, 1.807) is 0 Å². The van der Waals surface area contributed by atoms with Gasteiger partial charge in [-0.1, -0.05) is 6.92 Å². The van der Waals surface area contributed by atoms with Gasteiger partial charge in [-0.25, -0.2) is 0 Å². The van der Waals surface area contributed by atoms with Crippen LogP contribution in [-0.4, -0.2) is 12.6 Å². The summed E-state index contributed by atoms with van der Waals surface area (Å²) in [4.78, 5) is 0. The molecule has 0 fully saturated rings. The Morgan fingerprint density at radius 1 is 1.40 bits per heavy atom. The number of ether oxygens (including phenoxy) is 1. The number of nitrogens with one attached hydrogen (secondary N) is 1. The smallest absolute Gasteiger partial charge is 0.144 e. The van der Waals surface area contributed by atoms with Crippen LogP contribution in [0.4, 0.5) is 11.4 Å². The summed E-state index contributed by atoms with van der Waals surface area (Å²) in [6.45, 7) is 6.98. The number of rotatable bonds is 5. The summed E-state index contributed by atoms with van der Waals surface area (Å²) in [5.74, 6) is 0.766. The molecule has 1 rings (SSSR count). The molecule has 0 bridgehead atoms. The minimum absolute atomic E-state index is 0.410. The second kappa shape index (κ2) is 5.49. The van der Waals surface area contributed by atoms with E-state index in [1.165, 1.54) is 0 Å². The normalized spacial score (nSPS) is 10.4. The first-order valence-electron chi connectivity index (χ1n) is 5.42. The zero-order valence-electron chi connectivity index (χ0n) is 9.71. The van der Waals surface area contributed by atoms with E-state index in [2.05, 4.69) is 26.1 Å². The van der Waals surface area contributed by atoms with E-state index in [-0.39, 0.29) is 0 Å². The van der Waals surface area contributed by atoms with Crippen LogP contribution in [0.3, 0.4) is 0 Å². The second-order valence-electron chi connectivity index (χ2n) is 3.90. The largest absolute Gasteiger partial charge is 0.491 e. The molecule has 0 radical (unpaired) electrons. The minimum Gasteiger partial charge on any atom is -0.491 e. The first kappa shape index (κ1) is 11.7. The maximum atomic E-state index is 5.81. The molecule has 0 amide bonds. The van der Waals surface area contributed by atoms with E-state index in [1.807, 2.05) is 18.2 Å². The predicted molar refractivity (Wildman–Crippen MR) is 65.4 cm³/mol. The molecular formula is C12H20N2O. The van der Waals surface area contributed by atoms with Crippen LogP contribution in [0.1, 0.15) is 27.2 Å². The molecule has 0 aliphatic heterocycles. The van der Waals surface area contributed by atoms with Gasteiger partial charge in [0.15, 0.2) is 0 Å². The molecule has 0 aromatic heterocycles. The maximum Gasteiger partial charge on any atom is 0.144 e. The molecule has 0 aliphatic carbocycles. The lowest BCUT2D eigenvalue weighted by molar-refractivity contribution is 0.319. The summed E-state index contributed by atoms with van der Waals surface area (Å²) in [5.41, 5.74) is 7.55. The van der Waals surface area contributed by atoms with Crippen molar-refractivity contribution in [1.29, 1.82) is 0 Å². The predicted octanol–water partition coefficient (Wildman–Crippen LogP) is 2.88. The molecule has 0 aliphatic rings. The summed E-state index contributed by atoms with van der Waals surface area (Å²) in [6, 6.07) is 6.20. The van der Waals surface area contributed by atoms with Crippen molar-refractivity contribution in [3.05, 3.63) is 18.2 Å². The van der Waals surface area contributed by atoms with Crippen LogP contribution < -0.4 is 15.8 Å². The molecule has 0 spiro atoms. The highest BCUT2D eigenvalue weighted by atomic mass is 16.5. The molecule has 84 valence electrons. The highest BCUT2D eigenvalue weighted by Crippen LogP contribution is 2.25. The van der Waals surface area contributed by atoms with E-state index in [9.17, 15) is 0 Å². The summed E-state index contributed by atoms with van der Waals surface area (Å²) in [7, 11) is 0. The van der Waals surface area contributed by atoms with E-state index in [0.29, 0.717) is 18.3 Å². The Balaban J connectivity index is 2.75. The average Bonchev–Trinajstić information content (AvgIpc) is 2.18. The quantitative estimate of drug-likeness (QED) is 0.731. The number of hydrogen-bond acceptors (Lipinski definition) is 3. The molecule has 0 heterocycles. The van der Waals surface area contributed by atoms with Gasteiger partial charge < -0.3 is 15.8 Å². The molecule has 1 aromatic rings. The Labute approximate surface area is 91.6 Å². The Morgan fingerprint density at radius 2 is 2.13 bits per heavy atom. The molecule has 3 nitrogen and oxygen atoms in total. The summed E-state index contributed by atoms with van der Waals surface area (Å²) < 4.78 is 5.54. The molecule has 3 heteroatoms. The van der Waals surface area contributed by atoms with Gasteiger partial charge in [0, 0.05) is 17.8 Å². The Bertz CT molecular complexity index is 310. The number of anilines is 2. The van der Waals surface area contributed by atoms with Gasteiger partial charge in [-0.05, 0) is 32.4 Å². The molecule has 0 atom stereocenters. The molecule has 15 heavy (non-hydrogen) atoms. The van der Waals surface area contributed by atoms with E-state index >= 15 is 0 Å². The van der Waals surface area contributed by atoms with Crippen molar-refractivity contribution in [2.75, 3.05) is 17.7 Å². The van der Waals surface area contributed by atoms with Gasteiger partial charge in [-0.2, -0.15) is 0 Å². The third-order valence-corrected chi connectivity index (χ3v) is 1.93. The van der Waals surface area contributed by atoms with E-state index < -0.39 is 0 Å². The number of benzene rings is 1. The van der Waals surface area contributed by atoms with Crippen molar-refractivity contribution in [3.63, 3.8) is 0 Å². The first-order valence-corrected chi connectivity index (χ1v) is 5.42. The fourth-order valence-corrected chi connectivity index (χ4v) is 1.29. The molecule has 1 aromatic carbocycles. The van der Waals surface area contributed by atoms with Crippen LogP contribution in [-0.2, 0) is 0 Å². The van der Waals surface area contributed by atoms with Crippen LogP contribution in [0.15, 0.2) is 18.2 Å². The van der Waals surface area contributed by atoms with Gasteiger partial charge in [0.05, 0.1) is 12.3 Å². The van der Waals surface area contributed by atoms with Crippen LogP contribution in [0, 0.1) is 0 Å². The Morgan fingerprint density at radius 3 is 2.73 bits per heavy atom. The van der Waals surface area contributed by atoms with Gasteiger partial charge in [0.1, 0.15) is 5.75 Å². The maximum absolute atomic E-state index is 5.81. The standard InChI is InChI=1S/C12H20N2O/c1-4-7-15-12-8-10(14-9(2)3)5-6-11(12)13/h5-6,8-9,14H,4,7,13H2,1-3H3.